The molecule has 25 heavy (non-hydrogen) atoms. The molecule has 0 unspecified atom stereocenters. The molecule has 2 aromatic carbocycles. The van der Waals surface area contributed by atoms with E-state index in [9.17, 15) is 4.79 Å². The molecule has 0 saturated heterocycles. The van der Waals surface area contributed by atoms with Crippen LogP contribution < -0.4 is 15.1 Å². The zero-order valence-corrected chi connectivity index (χ0v) is 14.5. The minimum atomic E-state index is -0.0156. The zero-order chi connectivity index (χ0) is 17.4. The molecule has 0 radical (unpaired) electrons. The summed E-state index contributed by atoms with van der Waals surface area (Å²) in [7, 11) is 3.92. The molecule has 1 aliphatic rings. The third-order valence-electron chi connectivity index (χ3n) is 4.62. The molecule has 0 N–H and O–H groups in total. The maximum Gasteiger partial charge on any atom is 0.200 e. The third kappa shape index (κ3) is 3.25. The standard InChI is InChI=1S/C21H21NO3/c1-22(2)16-7-10-18-20(11-16)25-13-19(21(18)23)15-5-8-17(9-6-15)24-12-14-3-4-14/h5-11,13-14H,3-4,12H2,1-2H3. The summed E-state index contributed by atoms with van der Waals surface area (Å²) >= 11 is 0. The Labute approximate surface area is 146 Å². The van der Waals surface area contributed by atoms with E-state index in [0.717, 1.165) is 29.5 Å². The van der Waals surface area contributed by atoms with Gasteiger partial charge in [0.1, 0.15) is 17.6 Å². The smallest absolute Gasteiger partial charge is 0.200 e. The van der Waals surface area contributed by atoms with Crippen molar-refractivity contribution in [3.8, 4) is 16.9 Å². The van der Waals surface area contributed by atoms with Crippen molar-refractivity contribution in [3.63, 3.8) is 0 Å². The van der Waals surface area contributed by atoms with Crippen molar-refractivity contribution in [2.45, 2.75) is 12.8 Å². The number of fused-ring (bicyclic) bond motifs is 1. The van der Waals surface area contributed by atoms with Crippen LogP contribution in [0.3, 0.4) is 0 Å². The lowest BCUT2D eigenvalue weighted by atomic mass is 10.1. The van der Waals surface area contributed by atoms with Gasteiger partial charge in [-0.05, 0) is 48.6 Å². The first-order valence-corrected chi connectivity index (χ1v) is 8.58. The number of hydrogen-bond acceptors (Lipinski definition) is 4. The lowest BCUT2D eigenvalue weighted by Gasteiger charge is -2.12. The minimum absolute atomic E-state index is 0.0156. The first kappa shape index (κ1) is 15.8. The van der Waals surface area contributed by atoms with E-state index in [4.69, 9.17) is 9.15 Å². The largest absolute Gasteiger partial charge is 0.493 e. The van der Waals surface area contributed by atoms with Gasteiger partial charge in [0, 0.05) is 25.8 Å². The van der Waals surface area contributed by atoms with Crippen LogP contribution in [0.2, 0.25) is 0 Å². The van der Waals surface area contributed by atoms with Gasteiger partial charge in [0.25, 0.3) is 0 Å². The van der Waals surface area contributed by atoms with Crippen molar-refractivity contribution in [2.24, 2.45) is 5.92 Å². The second-order valence-corrected chi connectivity index (χ2v) is 6.83. The molecule has 3 aromatic rings. The van der Waals surface area contributed by atoms with Crippen LogP contribution in [0, 0.1) is 5.92 Å². The Bertz CT molecular complexity index is 953. The number of hydrogen-bond donors (Lipinski definition) is 0. The van der Waals surface area contributed by atoms with Gasteiger partial charge in [-0.15, -0.1) is 0 Å². The number of anilines is 1. The summed E-state index contributed by atoms with van der Waals surface area (Å²) in [6.45, 7) is 0.783. The van der Waals surface area contributed by atoms with E-state index in [0.29, 0.717) is 16.5 Å². The lowest BCUT2D eigenvalue weighted by Crippen LogP contribution is -2.09. The summed E-state index contributed by atoms with van der Waals surface area (Å²) in [6, 6.07) is 13.3. The monoisotopic (exact) mass is 335 g/mol. The van der Waals surface area contributed by atoms with E-state index in [2.05, 4.69) is 0 Å². The summed E-state index contributed by atoms with van der Waals surface area (Å²) in [6.07, 6.45) is 4.08. The Kier molecular flexibility index (Phi) is 3.96. The van der Waals surface area contributed by atoms with Crippen LogP contribution in [-0.4, -0.2) is 20.7 Å². The van der Waals surface area contributed by atoms with E-state index in [-0.39, 0.29) is 5.43 Å². The van der Waals surface area contributed by atoms with E-state index < -0.39 is 0 Å². The fraction of sp³-hybridized carbons (Fsp3) is 0.286. The molecule has 0 aliphatic heterocycles. The van der Waals surface area contributed by atoms with Gasteiger partial charge in [0.15, 0.2) is 5.43 Å². The van der Waals surface area contributed by atoms with Crippen molar-refractivity contribution in [1.82, 2.24) is 0 Å². The van der Waals surface area contributed by atoms with E-state index >= 15 is 0 Å². The highest BCUT2D eigenvalue weighted by Gasteiger charge is 2.21. The van der Waals surface area contributed by atoms with Gasteiger partial charge in [-0.3, -0.25) is 4.79 Å². The number of ether oxygens (including phenoxy) is 1. The molecule has 4 heteroatoms. The van der Waals surface area contributed by atoms with Crippen LogP contribution in [0.5, 0.6) is 5.75 Å². The SMILES string of the molecule is CN(C)c1ccc2c(=O)c(-c3ccc(OCC4CC4)cc3)coc2c1. The Morgan fingerprint density at radius 1 is 1.12 bits per heavy atom. The molecule has 128 valence electrons. The highest BCUT2D eigenvalue weighted by Crippen LogP contribution is 2.30. The molecule has 0 bridgehead atoms. The number of nitrogens with zero attached hydrogens (tertiary/aromatic N) is 1. The molecule has 1 heterocycles. The summed E-state index contributed by atoms with van der Waals surface area (Å²) in [5, 5.41) is 0.595. The molecule has 4 nitrogen and oxygen atoms in total. The van der Waals surface area contributed by atoms with Crippen LogP contribution in [0.15, 0.2) is 57.9 Å². The molecule has 1 fully saturated rings. The van der Waals surface area contributed by atoms with Crippen LogP contribution in [0.1, 0.15) is 12.8 Å². The van der Waals surface area contributed by atoms with Crippen LogP contribution in [-0.2, 0) is 0 Å². The van der Waals surface area contributed by atoms with Gasteiger partial charge in [-0.25, -0.2) is 0 Å². The van der Waals surface area contributed by atoms with Gasteiger partial charge in [-0.2, -0.15) is 0 Å². The van der Waals surface area contributed by atoms with Crippen molar-refractivity contribution in [1.29, 1.82) is 0 Å². The van der Waals surface area contributed by atoms with Gasteiger partial charge < -0.3 is 14.1 Å². The first-order chi connectivity index (χ1) is 12.1. The van der Waals surface area contributed by atoms with Crippen molar-refractivity contribution < 1.29 is 9.15 Å². The molecular formula is C21H21NO3. The average Bonchev–Trinajstić information content (AvgIpc) is 3.45. The lowest BCUT2D eigenvalue weighted by molar-refractivity contribution is 0.300. The normalized spacial score (nSPS) is 13.8. The molecule has 0 atom stereocenters. The van der Waals surface area contributed by atoms with Crippen molar-refractivity contribution >= 4 is 16.7 Å². The minimum Gasteiger partial charge on any atom is -0.493 e. The maximum atomic E-state index is 12.8. The summed E-state index contributed by atoms with van der Waals surface area (Å²) in [5.74, 6) is 1.57. The second-order valence-electron chi connectivity index (χ2n) is 6.83. The van der Waals surface area contributed by atoms with Crippen LogP contribution in [0.25, 0.3) is 22.1 Å². The average molecular weight is 335 g/mol. The summed E-state index contributed by atoms with van der Waals surface area (Å²) in [5.41, 5.74) is 2.99. The fourth-order valence-electron chi connectivity index (χ4n) is 2.82. The molecular weight excluding hydrogens is 314 g/mol. The highest BCUT2D eigenvalue weighted by atomic mass is 16.5. The number of benzene rings is 2. The quantitative estimate of drug-likeness (QED) is 0.696. The Morgan fingerprint density at radius 3 is 2.56 bits per heavy atom. The second kappa shape index (κ2) is 6.28. The van der Waals surface area contributed by atoms with E-state index in [1.54, 1.807) is 6.26 Å². The van der Waals surface area contributed by atoms with E-state index in [1.807, 2.05) is 61.5 Å². The van der Waals surface area contributed by atoms with Gasteiger partial charge in [0.05, 0.1) is 17.6 Å². The molecule has 0 spiro atoms. The van der Waals surface area contributed by atoms with Crippen molar-refractivity contribution in [2.75, 3.05) is 25.6 Å². The van der Waals surface area contributed by atoms with Crippen molar-refractivity contribution in [3.05, 3.63) is 59.0 Å². The highest BCUT2D eigenvalue weighted by molar-refractivity contribution is 5.84. The maximum absolute atomic E-state index is 12.8. The molecule has 1 aromatic heterocycles. The summed E-state index contributed by atoms with van der Waals surface area (Å²) in [4.78, 5) is 14.8. The Balaban J connectivity index is 1.65. The zero-order valence-electron chi connectivity index (χ0n) is 14.5. The third-order valence-corrected chi connectivity index (χ3v) is 4.62. The Hall–Kier alpha value is -2.75. The molecule has 0 amide bonds. The molecule has 1 saturated carbocycles. The predicted molar refractivity (Wildman–Crippen MR) is 100 cm³/mol. The topological polar surface area (TPSA) is 42.7 Å². The van der Waals surface area contributed by atoms with Crippen LogP contribution in [0.4, 0.5) is 5.69 Å². The number of rotatable bonds is 5. The molecule has 4 rings (SSSR count). The van der Waals surface area contributed by atoms with E-state index in [1.165, 1.54) is 12.8 Å². The fourth-order valence-corrected chi connectivity index (χ4v) is 2.82. The predicted octanol–water partition coefficient (Wildman–Crippen LogP) is 4.31. The van der Waals surface area contributed by atoms with Gasteiger partial charge >= 0.3 is 0 Å². The van der Waals surface area contributed by atoms with Gasteiger partial charge in [-0.1, -0.05) is 12.1 Å². The first-order valence-electron chi connectivity index (χ1n) is 8.58. The molecule has 1 aliphatic carbocycles. The van der Waals surface area contributed by atoms with Gasteiger partial charge in [0.2, 0.25) is 0 Å². The summed E-state index contributed by atoms with van der Waals surface area (Å²) < 4.78 is 11.5. The van der Waals surface area contributed by atoms with Crippen LogP contribution >= 0.6 is 0 Å². The Morgan fingerprint density at radius 2 is 1.88 bits per heavy atom.